The van der Waals surface area contributed by atoms with Crippen LogP contribution in [0.5, 0.6) is 0 Å². The van der Waals surface area contributed by atoms with Gasteiger partial charge in [-0.05, 0) is 100 Å². The van der Waals surface area contributed by atoms with E-state index in [1.165, 1.54) is 71.3 Å². The molecular formula is C64H41N3. The van der Waals surface area contributed by atoms with E-state index in [4.69, 9.17) is 15.0 Å². The molecule has 0 radical (unpaired) electrons. The maximum atomic E-state index is 5.36. The summed E-state index contributed by atoms with van der Waals surface area (Å²) < 4.78 is 0. The van der Waals surface area contributed by atoms with Crippen LogP contribution < -0.4 is 0 Å². The van der Waals surface area contributed by atoms with E-state index in [-0.39, 0.29) is 0 Å². The zero-order valence-corrected chi connectivity index (χ0v) is 36.5. The quantitative estimate of drug-likeness (QED) is 0.118. The molecule has 67 heavy (non-hydrogen) atoms. The predicted octanol–water partition coefficient (Wildman–Crippen LogP) is 16.0. The Kier molecular flexibility index (Phi) is 9.07. The third-order valence-electron chi connectivity index (χ3n) is 13.8. The lowest BCUT2D eigenvalue weighted by Gasteiger charge is -2.33. The molecular weight excluding hydrogens is 811 g/mol. The lowest BCUT2D eigenvalue weighted by molar-refractivity contribution is 0.768. The molecule has 0 saturated carbocycles. The van der Waals surface area contributed by atoms with Crippen molar-refractivity contribution in [3.63, 3.8) is 0 Å². The summed E-state index contributed by atoms with van der Waals surface area (Å²) in [4.78, 5) is 16.0. The number of rotatable bonds is 7. The minimum Gasteiger partial charge on any atom is -0.208 e. The average Bonchev–Trinajstić information content (AvgIpc) is 3.71. The van der Waals surface area contributed by atoms with Gasteiger partial charge in [-0.3, -0.25) is 0 Å². The van der Waals surface area contributed by atoms with E-state index >= 15 is 0 Å². The maximum Gasteiger partial charge on any atom is 0.164 e. The van der Waals surface area contributed by atoms with Crippen LogP contribution in [0.3, 0.4) is 0 Å². The van der Waals surface area contributed by atoms with E-state index in [0.29, 0.717) is 17.5 Å². The Morgan fingerprint density at radius 1 is 0.254 bits per heavy atom. The number of aromatic nitrogens is 3. The van der Waals surface area contributed by atoms with Crippen molar-refractivity contribution in [2.45, 2.75) is 5.41 Å². The van der Waals surface area contributed by atoms with Crippen LogP contribution in [0.4, 0.5) is 0 Å². The monoisotopic (exact) mass is 851 g/mol. The number of hydrogen-bond acceptors (Lipinski definition) is 3. The molecule has 0 fully saturated rings. The molecule has 0 spiro atoms. The Labute approximate surface area is 389 Å². The summed E-state index contributed by atoms with van der Waals surface area (Å²) in [5, 5.41) is 7.42. The van der Waals surface area contributed by atoms with E-state index < -0.39 is 5.41 Å². The summed E-state index contributed by atoms with van der Waals surface area (Å²) in [6.07, 6.45) is 0. The van der Waals surface area contributed by atoms with Gasteiger partial charge in [0.1, 0.15) is 0 Å². The number of fused-ring (bicyclic) bond motifs is 7. The van der Waals surface area contributed by atoms with Crippen LogP contribution >= 0.6 is 0 Å². The van der Waals surface area contributed by atoms with Crippen molar-refractivity contribution in [2.75, 3.05) is 0 Å². The highest BCUT2D eigenvalue weighted by Crippen LogP contribution is 2.56. The van der Waals surface area contributed by atoms with Crippen LogP contribution in [0.25, 0.3) is 99.9 Å². The first-order chi connectivity index (χ1) is 33.2. The Bertz CT molecular complexity index is 3800. The van der Waals surface area contributed by atoms with Gasteiger partial charge in [-0.1, -0.05) is 237 Å². The number of benzene rings is 11. The van der Waals surface area contributed by atoms with Crippen molar-refractivity contribution < 1.29 is 0 Å². The smallest absolute Gasteiger partial charge is 0.164 e. The van der Waals surface area contributed by atoms with Gasteiger partial charge in [0.05, 0.1) is 5.41 Å². The van der Waals surface area contributed by atoms with Gasteiger partial charge >= 0.3 is 0 Å². The fraction of sp³-hybridized carbons (Fsp3) is 0.0156. The highest BCUT2D eigenvalue weighted by molar-refractivity contribution is 6.20. The van der Waals surface area contributed by atoms with E-state index in [0.717, 1.165) is 33.4 Å². The summed E-state index contributed by atoms with van der Waals surface area (Å²) in [6.45, 7) is 0. The topological polar surface area (TPSA) is 38.7 Å². The molecule has 0 atom stereocenters. The second-order valence-corrected chi connectivity index (χ2v) is 17.4. The fourth-order valence-electron chi connectivity index (χ4n) is 10.8. The SMILES string of the molecule is c1ccc(-c2ccccc2-c2nc(-c3ccc(-c4c5ccccc5cc5c4ccc4ccccc45)cc3)nc(-c3ccc4c(c3)-c3ccccc3C4(c3ccccc3)c3ccccc3)n2)cc1. The molecule has 0 saturated heterocycles. The molecule has 312 valence electrons. The molecule has 1 aromatic heterocycles. The van der Waals surface area contributed by atoms with E-state index in [1.54, 1.807) is 0 Å². The molecule has 0 amide bonds. The molecule has 12 aromatic rings. The van der Waals surface area contributed by atoms with Crippen molar-refractivity contribution in [3.8, 4) is 67.5 Å². The summed E-state index contributed by atoms with van der Waals surface area (Å²) >= 11 is 0. The Morgan fingerprint density at radius 2 is 0.776 bits per heavy atom. The normalized spacial score (nSPS) is 12.6. The van der Waals surface area contributed by atoms with Crippen molar-refractivity contribution in [1.82, 2.24) is 15.0 Å². The van der Waals surface area contributed by atoms with Gasteiger partial charge in [0.25, 0.3) is 0 Å². The van der Waals surface area contributed by atoms with Crippen molar-refractivity contribution >= 4 is 32.3 Å². The molecule has 1 aliphatic carbocycles. The van der Waals surface area contributed by atoms with Crippen LogP contribution in [-0.4, -0.2) is 15.0 Å². The molecule has 0 N–H and O–H groups in total. The summed E-state index contributed by atoms with van der Waals surface area (Å²) in [7, 11) is 0. The lowest BCUT2D eigenvalue weighted by Crippen LogP contribution is -2.28. The van der Waals surface area contributed by atoms with Crippen LogP contribution in [0.1, 0.15) is 22.3 Å². The van der Waals surface area contributed by atoms with Crippen molar-refractivity contribution in [1.29, 1.82) is 0 Å². The van der Waals surface area contributed by atoms with E-state index in [2.05, 4.69) is 249 Å². The van der Waals surface area contributed by atoms with Gasteiger partial charge in [0.15, 0.2) is 17.5 Å². The van der Waals surface area contributed by atoms with Crippen molar-refractivity contribution in [3.05, 3.63) is 271 Å². The first-order valence-corrected chi connectivity index (χ1v) is 22.9. The Hall–Kier alpha value is -8.79. The van der Waals surface area contributed by atoms with Gasteiger partial charge < -0.3 is 0 Å². The zero-order chi connectivity index (χ0) is 44.3. The molecule has 0 aliphatic heterocycles. The van der Waals surface area contributed by atoms with Crippen LogP contribution in [-0.2, 0) is 5.41 Å². The molecule has 11 aromatic carbocycles. The van der Waals surface area contributed by atoms with Crippen molar-refractivity contribution in [2.24, 2.45) is 0 Å². The fourth-order valence-corrected chi connectivity index (χ4v) is 10.8. The second kappa shape index (κ2) is 15.7. The van der Waals surface area contributed by atoms with E-state index in [1.807, 2.05) is 0 Å². The highest BCUT2D eigenvalue weighted by Gasteiger charge is 2.46. The molecule has 0 unspecified atom stereocenters. The minimum absolute atomic E-state index is 0.499. The maximum absolute atomic E-state index is 5.36. The Morgan fingerprint density at radius 3 is 1.51 bits per heavy atom. The van der Waals surface area contributed by atoms with Gasteiger partial charge in [0, 0.05) is 16.7 Å². The summed E-state index contributed by atoms with van der Waals surface area (Å²) in [6, 6.07) is 89.4. The van der Waals surface area contributed by atoms with Gasteiger partial charge in [-0.2, -0.15) is 0 Å². The highest BCUT2D eigenvalue weighted by atomic mass is 15.0. The second-order valence-electron chi connectivity index (χ2n) is 17.4. The summed E-state index contributed by atoms with van der Waals surface area (Å²) in [5.74, 6) is 1.86. The number of nitrogens with zero attached hydrogens (tertiary/aromatic N) is 3. The van der Waals surface area contributed by atoms with Crippen LogP contribution in [0, 0.1) is 0 Å². The summed E-state index contributed by atoms with van der Waals surface area (Å²) in [5.41, 5.74) is 14.2. The minimum atomic E-state index is -0.499. The van der Waals surface area contributed by atoms with Crippen LogP contribution in [0.15, 0.2) is 249 Å². The van der Waals surface area contributed by atoms with Crippen LogP contribution in [0.2, 0.25) is 0 Å². The van der Waals surface area contributed by atoms with Gasteiger partial charge in [-0.15, -0.1) is 0 Å². The van der Waals surface area contributed by atoms with E-state index in [9.17, 15) is 0 Å². The first kappa shape index (κ1) is 38.6. The van der Waals surface area contributed by atoms with Gasteiger partial charge in [0.2, 0.25) is 0 Å². The van der Waals surface area contributed by atoms with Gasteiger partial charge in [-0.25, -0.2) is 15.0 Å². The zero-order valence-electron chi connectivity index (χ0n) is 36.5. The average molecular weight is 852 g/mol. The third kappa shape index (κ3) is 6.24. The number of hydrogen-bond donors (Lipinski definition) is 0. The Balaban J connectivity index is 1.00. The molecule has 1 heterocycles. The largest absolute Gasteiger partial charge is 0.208 e. The molecule has 3 nitrogen and oxygen atoms in total. The standard InChI is InChI=1S/C64H41N3/c1-4-18-42(19-5-1)50-26-14-15-30-55(50)63-66-61(45-34-32-44(33-35-45)60-52-28-13-11-21-46(52)40-56-51-27-12-10-20-43(51)36-38-54(56)60)65-62(67-63)47-37-39-59-57(41-47)53-29-16-17-31-58(53)64(59,48-22-6-2-7-23-48)49-24-8-3-9-25-49/h1-41H. The molecule has 3 heteroatoms. The predicted molar refractivity (Wildman–Crippen MR) is 277 cm³/mol. The third-order valence-corrected chi connectivity index (χ3v) is 13.8. The molecule has 13 rings (SSSR count). The first-order valence-electron chi connectivity index (χ1n) is 22.9. The lowest BCUT2D eigenvalue weighted by atomic mass is 9.67. The molecule has 1 aliphatic rings. The molecule has 0 bridgehead atoms.